The second kappa shape index (κ2) is 8.36. The van der Waals surface area contributed by atoms with Gasteiger partial charge in [0.1, 0.15) is 0 Å². The lowest BCUT2D eigenvalue weighted by atomic mass is 10.0. The van der Waals surface area contributed by atoms with Gasteiger partial charge in [0.05, 0.1) is 23.5 Å². The van der Waals surface area contributed by atoms with E-state index in [1.165, 1.54) is 0 Å². The first-order valence-electron chi connectivity index (χ1n) is 10.2. The molecule has 164 valence electrons. The zero-order chi connectivity index (χ0) is 22.8. The van der Waals surface area contributed by atoms with Gasteiger partial charge in [0.25, 0.3) is 0 Å². The van der Waals surface area contributed by atoms with Gasteiger partial charge in [-0.1, -0.05) is 48.5 Å². The van der Waals surface area contributed by atoms with Gasteiger partial charge in [0.15, 0.2) is 5.65 Å². The predicted molar refractivity (Wildman–Crippen MR) is 130 cm³/mol. The third-order valence-electron chi connectivity index (χ3n) is 4.97. The summed E-state index contributed by atoms with van der Waals surface area (Å²) in [7, 11) is -3.33. The molecule has 9 heteroatoms. The average molecular weight is 457 g/mol. The summed E-state index contributed by atoms with van der Waals surface area (Å²) in [5, 5.41) is 8.54. The number of nitrogens with one attached hydrogen (secondary N) is 2. The van der Waals surface area contributed by atoms with Crippen LogP contribution in [0.4, 0.5) is 17.3 Å². The monoisotopic (exact) mass is 456 g/mol. The molecule has 0 aliphatic rings. The fourth-order valence-corrected chi connectivity index (χ4v) is 4.10. The maximum atomic E-state index is 11.4. The summed E-state index contributed by atoms with van der Waals surface area (Å²) in [5.41, 5.74) is 4.93. The van der Waals surface area contributed by atoms with Gasteiger partial charge in [0.2, 0.25) is 16.0 Å². The topological polar surface area (TPSA) is 102 Å². The zero-order valence-corrected chi connectivity index (χ0v) is 18.5. The Morgan fingerprint density at radius 1 is 0.818 bits per heavy atom. The molecule has 0 aliphatic heterocycles. The number of benzene rings is 3. The van der Waals surface area contributed by atoms with Crippen molar-refractivity contribution in [3.63, 3.8) is 0 Å². The Hall–Kier alpha value is -4.24. The highest BCUT2D eigenvalue weighted by Crippen LogP contribution is 2.28. The van der Waals surface area contributed by atoms with Gasteiger partial charge in [-0.2, -0.15) is 10.1 Å². The van der Waals surface area contributed by atoms with Crippen molar-refractivity contribution < 1.29 is 8.42 Å². The standard InChI is InChI=1S/C24H20N6O2S/c1-33(31,32)29-20-13-11-19(12-14-20)27-24-25-15-18-16-26-30(23(18)28-24)22-10-6-5-9-21(22)17-7-3-2-4-8-17/h2-16,29H,1H3,(H,25,27,28). The number of anilines is 3. The van der Waals surface area contributed by atoms with Crippen LogP contribution in [0.25, 0.3) is 27.8 Å². The van der Waals surface area contributed by atoms with Gasteiger partial charge in [0, 0.05) is 23.1 Å². The third kappa shape index (κ3) is 4.53. The van der Waals surface area contributed by atoms with Gasteiger partial charge in [-0.15, -0.1) is 0 Å². The van der Waals surface area contributed by atoms with Crippen LogP contribution in [0.1, 0.15) is 0 Å². The Labute approximate surface area is 191 Å². The molecule has 0 aliphatic carbocycles. The molecular weight excluding hydrogens is 436 g/mol. The number of sulfonamides is 1. The first-order valence-corrected chi connectivity index (χ1v) is 12.1. The summed E-state index contributed by atoms with van der Waals surface area (Å²) < 4.78 is 27.0. The van der Waals surface area contributed by atoms with E-state index >= 15 is 0 Å². The molecule has 5 rings (SSSR count). The van der Waals surface area contributed by atoms with E-state index in [9.17, 15) is 8.42 Å². The molecule has 0 radical (unpaired) electrons. The van der Waals surface area contributed by atoms with Crippen LogP contribution < -0.4 is 10.0 Å². The van der Waals surface area contributed by atoms with Crippen molar-refractivity contribution in [1.82, 2.24) is 19.7 Å². The minimum atomic E-state index is -3.33. The maximum absolute atomic E-state index is 11.4. The van der Waals surface area contributed by atoms with E-state index in [4.69, 9.17) is 4.98 Å². The van der Waals surface area contributed by atoms with Crippen molar-refractivity contribution in [2.24, 2.45) is 0 Å². The Morgan fingerprint density at radius 2 is 1.52 bits per heavy atom. The molecular formula is C24H20N6O2S. The van der Waals surface area contributed by atoms with Crippen molar-refractivity contribution in [1.29, 1.82) is 0 Å². The number of hydrogen-bond donors (Lipinski definition) is 2. The zero-order valence-electron chi connectivity index (χ0n) is 17.7. The molecule has 5 aromatic rings. The average Bonchev–Trinajstić information content (AvgIpc) is 3.23. The van der Waals surface area contributed by atoms with Crippen LogP contribution >= 0.6 is 0 Å². The predicted octanol–water partition coefficient (Wildman–Crippen LogP) is 4.60. The van der Waals surface area contributed by atoms with Crippen LogP contribution in [0.2, 0.25) is 0 Å². The van der Waals surface area contributed by atoms with Crippen molar-refractivity contribution in [2.45, 2.75) is 0 Å². The number of hydrogen-bond acceptors (Lipinski definition) is 6. The Balaban J connectivity index is 1.49. The Kier molecular flexibility index (Phi) is 5.23. The molecule has 8 nitrogen and oxygen atoms in total. The second-order valence-corrected chi connectivity index (χ2v) is 9.24. The van der Waals surface area contributed by atoms with E-state index in [1.54, 1.807) is 36.7 Å². The molecule has 0 bridgehead atoms. The first kappa shape index (κ1) is 20.7. The molecule has 3 aromatic carbocycles. The number of para-hydroxylation sites is 1. The van der Waals surface area contributed by atoms with E-state index in [0.717, 1.165) is 34.1 Å². The number of fused-ring (bicyclic) bond motifs is 1. The molecule has 2 heterocycles. The van der Waals surface area contributed by atoms with Gasteiger partial charge in [-0.05, 0) is 35.9 Å². The van der Waals surface area contributed by atoms with Crippen LogP contribution in [0.15, 0.2) is 91.3 Å². The third-order valence-corrected chi connectivity index (χ3v) is 5.58. The summed E-state index contributed by atoms with van der Waals surface area (Å²) in [4.78, 5) is 9.07. The molecule has 2 N–H and O–H groups in total. The van der Waals surface area contributed by atoms with Crippen LogP contribution in [-0.2, 0) is 10.0 Å². The number of nitrogens with zero attached hydrogens (tertiary/aromatic N) is 4. The molecule has 0 atom stereocenters. The molecule has 2 aromatic heterocycles. The molecule has 0 fully saturated rings. The van der Waals surface area contributed by atoms with E-state index in [2.05, 4.69) is 38.3 Å². The highest BCUT2D eigenvalue weighted by Gasteiger charge is 2.13. The molecule has 33 heavy (non-hydrogen) atoms. The highest BCUT2D eigenvalue weighted by atomic mass is 32.2. The van der Waals surface area contributed by atoms with Crippen LogP contribution in [0, 0.1) is 0 Å². The molecule has 0 amide bonds. The summed E-state index contributed by atoms with van der Waals surface area (Å²) >= 11 is 0. The van der Waals surface area contributed by atoms with Crippen LogP contribution in [0.5, 0.6) is 0 Å². The Morgan fingerprint density at radius 3 is 2.27 bits per heavy atom. The fraction of sp³-hybridized carbons (Fsp3) is 0.0417. The van der Waals surface area contributed by atoms with E-state index in [-0.39, 0.29) is 0 Å². The smallest absolute Gasteiger partial charge is 0.229 e. The lowest BCUT2D eigenvalue weighted by Crippen LogP contribution is -2.09. The molecule has 0 saturated heterocycles. The van der Waals surface area contributed by atoms with Crippen molar-refractivity contribution in [3.05, 3.63) is 91.3 Å². The quantitative estimate of drug-likeness (QED) is 0.387. The molecule has 0 spiro atoms. The van der Waals surface area contributed by atoms with Gasteiger partial charge in [-0.25, -0.2) is 18.1 Å². The van der Waals surface area contributed by atoms with E-state index < -0.39 is 10.0 Å². The van der Waals surface area contributed by atoms with E-state index in [0.29, 0.717) is 17.3 Å². The summed E-state index contributed by atoms with van der Waals surface area (Å²) in [6.07, 6.45) is 4.58. The summed E-state index contributed by atoms with van der Waals surface area (Å²) in [5.74, 6) is 0.408. The lowest BCUT2D eigenvalue weighted by molar-refractivity contribution is 0.607. The summed E-state index contributed by atoms with van der Waals surface area (Å²) in [6, 6.07) is 25.0. The van der Waals surface area contributed by atoms with Gasteiger partial charge >= 0.3 is 0 Å². The van der Waals surface area contributed by atoms with Crippen molar-refractivity contribution in [3.8, 4) is 16.8 Å². The molecule has 0 unspecified atom stereocenters. The van der Waals surface area contributed by atoms with Gasteiger partial charge < -0.3 is 5.32 Å². The van der Waals surface area contributed by atoms with Crippen molar-refractivity contribution in [2.75, 3.05) is 16.3 Å². The maximum Gasteiger partial charge on any atom is 0.229 e. The first-order chi connectivity index (χ1) is 16.0. The molecule has 0 saturated carbocycles. The Bertz CT molecular complexity index is 1530. The van der Waals surface area contributed by atoms with Crippen molar-refractivity contribution >= 4 is 38.4 Å². The van der Waals surface area contributed by atoms with E-state index in [1.807, 2.05) is 41.1 Å². The SMILES string of the molecule is CS(=O)(=O)Nc1ccc(Nc2ncc3cnn(-c4ccccc4-c4ccccc4)c3n2)cc1. The lowest BCUT2D eigenvalue weighted by Gasteiger charge is -2.11. The van der Waals surface area contributed by atoms with Crippen LogP contribution in [0.3, 0.4) is 0 Å². The number of rotatable bonds is 6. The highest BCUT2D eigenvalue weighted by molar-refractivity contribution is 7.92. The minimum absolute atomic E-state index is 0.408. The number of aromatic nitrogens is 4. The largest absolute Gasteiger partial charge is 0.324 e. The normalized spacial score (nSPS) is 11.4. The second-order valence-electron chi connectivity index (χ2n) is 7.49. The van der Waals surface area contributed by atoms with Gasteiger partial charge in [-0.3, -0.25) is 4.72 Å². The van der Waals surface area contributed by atoms with Crippen LogP contribution in [-0.4, -0.2) is 34.4 Å². The minimum Gasteiger partial charge on any atom is -0.324 e. The summed E-state index contributed by atoms with van der Waals surface area (Å²) in [6.45, 7) is 0. The fourth-order valence-electron chi connectivity index (χ4n) is 3.54.